The van der Waals surface area contributed by atoms with Crippen LogP contribution >= 0.6 is 23.2 Å². The number of likely N-dealkylation sites (tertiary alicyclic amines) is 1. The predicted octanol–water partition coefficient (Wildman–Crippen LogP) is 3.63. The summed E-state index contributed by atoms with van der Waals surface area (Å²) in [4.78, 5) is 27.3. The van der Waals surface area contributed by atoms with Crippen molar-refractivity contribution in [2.75, 3.05) is 6.54 Å². The third-order valence-electron chi connectivity index (χ3n) is 5.94. The fourth-order valence-corrected chi connectivity index (χ4v) is 4.45. The van der Waals surface area contributed by atoms with Gasteiger partial charge in [-0.25, -0.2) is 0 Å². The van der Waals surface area contributed by atoms with Crippen LogP contribution in [-0.4, -0.2) is 29.4 Å². The summed E-state index contributed by atoms with van der Waals surface area (Å²) in [6, 6.07) is 5.24. The lowest BCUT2D eigenvalue weighted by Crippen LogP contribution is -2.45. The molecule has 4 rings (SSSR count). The molecule has 148 valence electrons. The summed E-state index contributed by atoms with van der Waals surface area (Å²) in [7, 11) is 0. The number of rotatable bonds is 5. The van der Waals surface area contributed by atoms with Gasteiger partial charge in [-0.3, -0.25) is 9.59 Å². The molecule has 0 bridgehead atoms. The monoisotopic (exact) mass is 419 g/mol. The van der Waals surface area contributed by atoms with Crippen molar-refractivity contribution >= 4 is 35.0 Å². The van der Waals surface area contributed by atoms with E-state index in [9.17, 15) is 9.59 Å². The van der Waals surface area contributed by atoms with E-state index in [2.05, 4.69) is 17.6 Å². The van der Waals surface area contributed by atoms with E-state index < -0.39 is 0 Å². The Bertz CT molecular complexity index is 878. The maximum absolute atomic E-state index is 13.0. The first-order valence-electron chi connectivity index (χ1n) is 9.57. The number of benzene rings is 1. The van der Waals surface area contributed by atoms with Crippen molar-refractivity contribution in [3.05, 3.63) is 57.9 Å². The summed E-state index contributed by atoms with van der Waals surface area (Å²) >= 11 is 12.2. The Balaban J connectivity index is 1.41. The molecule has 2 atom stereocenters. The van der Waals surface area contributed by atoms with Gasteiger partial charge in [-0.05, 0) is 49.0 Å². The van der Waals surface area contributed by atoms with Crippen LogP contribution in [0.15, 0.2) is 42.2 Å². The second-order valence-electron chi connectivity index (χ2n) is 7.92. The van der Waals surface area contributed by atoms with E-state index in [1.807, 2.05) is 17.1 Å². The number of hydrogen-bond donors (Lipinski definition) is 2. The van der Waals surface area contributed by atoms with Crippen LogP contribution in [0.5, 0.6) is 0 Å². The van der Waals surface area contributed by atoms with Crippen LogP contribution in [0.25, 0.3) is 0 Å². The molecular formula is C21H23Cl2N3O2. The summed E-state index contributed by atoms with van der Waals surface area (Å²) in [5.41, 5.74) is 1.28. The lowest BCUT2D eigenvalue weighted by atomic mass is 9.83. The van der Waals surface area contributed by atoms with Crippen molar-refractivity contribution in [3.8, 4) is 0 Å². The zero-order valence-electron chi connectivity index (χ0n) is 15.7. The third-order valence-corrected chi connectivity index (χ3v) is 6.80. The highest BCUT2D eigenvalue weighted by atomic mass is 35.5. The van der Waals surface area contributed by atoms with Crippen LogP contribution in [0, 0.1) is 11.3 Å². The molecule has 2 fully saturated rings. The number of amides is 2. The molecule has 3 aliphatic rings. The van der Waals surface area contributed by atoms with E-state index >= 15 is 0 Å². The molecule has 0 radical (unpaired) electrons. The molecule has 1 saturated carbocycles. The maximum atomic E-state index is 13.0. The van der Waals surface area contributed by atoms with Gasteiger partial charge in [0.15, 0.2) is 0 Å². The van der Waals surface area contributed by atoms with Crippen LogP contribution in [0.3, 0.4) is 0 Å². The Kier molecular flexibility index (Phi) is 5.15. The van der Waals surface area contributed by atoms with Gasteiger partial charge in [0.25, 0.3) is 0 Å². The van der Waals surface area contributed by atoms with Crippen molar-refractivity contribution in [1.82, 2.24) is 15.5 Å². The Labute approximate surface area is 174 Å². The third kappa shape index (κ3) is 3.65. The van der Waals surface area contributed by atoms with Gasteiger partial charge in [-0.2, -0.15) is 0 Å². The average Bonchev–Trinajstić information content (AvgIpc) is 3.47. The van der Waals surface area contributed by atoms with Gasteiger partial charge in [-0.1, -0.05) is 42.3 Å². The maximum Gasteiger partial charge on any atom is 0.233 e. The quantitative estimate of drug-likeness (QED) is 0.765. The van der Waals surface area contributed by atoms with E-state index in [1.165, 1.54) is 0 Å². The standard InChI is InChI=1S/C21H23Cl2N3O2/c1-21(14-5-6-14)8-10-26(20(21)28)15-7-9-24-17(12-15)25-18(27)11-13-3-2-4-16(22)19(13)23/h2-4,7,9,12,14,17,24H,5-6,8,10-11H2,1H3,(H,25,27)/t17?,21-/m0/s1. The van der Waals surface area contributed by atoms with Gasteiger partial charge in [0.1, 0.15) is 6.17 Å². The molecule has 7 heteroatoms. The number of nitrogens with zero attached hydrogens (tertiary/aromatic N) is 1. The van der Waals surface area contributed by atoms with Crippen LogP contribution in [0.1, 0.15) is 31.7 Å². The molecule has 5 nitrogen and oxygen atoms in total. The average molecular weight is 420 g/mol. The van der Waals surface area contributed by atoms with Crippen LogP contribution in [0.4, 0.5) is 0 Å². The molecular weight excluding hydrogens is 397 g/mol. The molecule has 1 aromatic carbocycles. The van der Waals surface area contributed by atoms with Crippen molar-refractivity contribution < 1.29 is 9.59 Å². The molecule has 0 aromatic heterocycles. The molecule has 2 heterocycles. The smallest absolute Gasteiger partial charge is 0.233 e. The fraction of sp³-hybridized carbons (Fsp3) is 0.429. The zero-order chi connectivity index (χ0) is 19.9. The molecule has 0 spiro atoms. The SMILES string of the molecule is C[C@@]1(C2CC2)CCN(C2=CC(NC(=O)Cc3cccc(Cl)c3Cl)NC=C2)C1=O. The largest absolute Gasteiger partial charge is 0.368 e. The predicted molar refractivity (Wildman–Crippen MR) is 110 cm³/mol. The molecule has 1 unspecified atom stereocenters. The Hall–Kier alpha value is -1.98. The first kappa shape index (κ1) is 19.3. The van der Waals surface area contributed by atoms with Crippen LogP contribution in [-0.2, 0) is 16.0 Å². The molecule has 1 aromatic rings. The lowest BCUT2D eigenvalue weighted by Gasteiger charge is -2.27. The van der Waals surface area contributed by atoms with Gasteiger partial charge in [-0.15, -0.1) is 0 Å². The lowest BCUT2D eigenvalue weighted by molar-refractivity contribution is -0.134. The van der Waals surface area contributed by atoms with E-state index in [0.717, 1.165) is 31.5 Å². The summed E-state index contributed by atoms with van der Waals surface area (Å²) in [5.74, 6) is 0.543. The van der Waals surface area contributed by atoms with Crippen LogP contribution < -0.4 is 10.6 Å². The van der Waals surface area contributed by atoms with Gasteiger partial charge in [0.05, 0.1) is 21.9 Å². The summed E-state index contributed by atoms with van der Waals surface area (Å²) in [5, 5.41) is 6.85. The number of allylic oxidation sites excluding steroid dienone is 1. The Morgan fingerprint density at radius 3 is 2.89 bits per heavy atom. The zero-order valence-corrected chi connectivity index (χ0v) is 17.2. The molecule has 2 N–H and O–H groups in total. The number of hydrogen-bond acceptors (Lipinski definition) is 3. The second-order valence-corrected chi connectivity index (χ2v) is 8.71. The van der Waals surface area contributed by atoms with E-state index in [-0.39, 0.29) is 29.8 Å². The van der Waals surface area contributed by atoms with Gasteiger partial charge in [0.2, 0.25) is 11.8 Å². The summed E-state index contributed by atoms with van der Waals surface area (Å²) < 4.78 is 0. The fourth-order valence-electron chi connectivity index (χ4n) is 4.06. The number of halogens is 2. The number of dihydropyridines is 1. The normalized spacial score (nSPS) is 26.8. The minimum Gasteiger partial charge on any atom is -0.368 e. The molecule has 1 aliphatic carbocycles. The van der Waals surface area contributed by atoms with E-state index in [4.69, 9.17) is 23.2 Å². The van der Waals surface area contributed by atoms with Crippen molar-refractivity contribution in [1.29, 1.82) is 0 Å². The second kappa shape index (κ2) is 7.45. The van der Waals surface area contributed by atoms with E-state index in [1.54, 1.807) is 24.4 Å². The minimum atomic E-state index is -0.383. The highest BCUT2D eigenvalue weighted by Crippen LogP contribution is 2.51. The van der Waals surface area contributed by atoms with Crippen molar-refractivity contribution in [2.24, 2.45) is 11.3 Å². The van der Waals surface area contributed by atoms with Crippen molar-refractivity contribution in [3.63, 3.8) is 0 Å². The highest BCUT2D eigenvalue weighted by molar-refractivity contribution is 6.42. The topological polar surface area (TPSA) is 61.4 Å². The first-order chi connectivity index (χ1) is 13.4. The number of carbonyl (C=O) groups excluding carboxylic acids is 2. The number of carbonyl (C=O) groups is 2. The van der Waals surface area contributed by atoms with Crippen LogP contribution in [0.2, 0.25) is 10.0 Å². The molecule has 1 saturated heterocycles. The molecule has 2 amide bonds. The molecule has 2 aliphatic heterocycles. The van der Waals surface area contributed by atoms with Gasteiger partial charge in [0, 0.05) is 18.4 Å². The first-order valence-corrected chi connectivity index (χ1v) is 10.3. The van der Waals surface area contributed by atoms with Gasteiger partial charge >= 0.3 is 0 Å². The van der Waals surface area contributed by atoms with E-state index in [0.29, 0.717) is 21.5 Å². The van der Waals surface area contributed by atoms with Gasteiger partial charge < -0.3 is 15.5 Å². The Morgan fingerprint density at radius 1 is 1.36 bits per heavy atom. The minimum absolute atomic E-state index is 0.132. The Morgan fingerprint density at radius 2 is 2.14 bits per heavy atom. The number of nitrogens with one attached hydrogen (secondary N) is 2. The molecule has 28 heavy (non-hydrogen) atoms. The van der Waals surface area contributed by atoms with Crippen molar-refractivity contribution in [2.45, 2.75) is 38.8 Å². The highest BCUT2D eigenvalue weighted by Gasteiger charge is 2.52. The summed E-state index contributed by atoms with van der Waals surface area (Å²) in [6.07, 6.45) is 8.47. The summed E-state index contributed by atoms with van der Waals surface area (Å²) in [6.45, 7) is 2.81.